The van der Waals surface area contributed by atoms with Gasteiger partial charge in [0.15, 0.2) is 11.5 Å². The Labute approximate surface area is 351 Å². The molecular weight excluding hydrogens is 866 g/mol. The summed E-state index contributed by atoms with van der Waals surface area (Å²) in [7, 11) is -2.47. The largest absolute Gasteiger partial charge is 0.344 e. The second-order valence-electron chi connectivity index (χ2n) is 15.3. The summed E-state index contributed by atoms with van der Waals surface area (Å²) in [5.41, 5.74) is -1.49. The Morgan fingerprint density at radius 3 is 2.42 bits per heavy atom. The number of nitrogens with one attached hydrogen (secondary N) is 2. The van der Waals surface area contributed by atoms with E-state index < -0.39 is 87.7 Å². The van der Waals surface area contributed by atoms with Gasteiger partial charge in [0.05, 0.1) is 50.7 Å². The molecule has 1 amide bonds. The van der Waals surface area contributed by atoms with Gasteiger partial charge in [0.1, 0.15) is 35.4 Å². The molecule has 2 aromatic carbocycles. The van der Waals surface area contributed by atoms with E-state index >= 15 is 8.78 Å². The highest BCUT2D eigenvalue weighted by Gasteiger charge is 2.67. The third-order valence-electron chi connectivity index (χ3n) is 10.8. The molecule has 0 bridgehead atoms. The van der Waals surface area contributed by atoms with E-state index in [2.05, 4.69) is 30.2 Å². The van der Waals surface area contributed by atoms with E-state index in [1.165, 1.54) is 36.0 Å². The van der Waals surface area contributed by atoms with Crippen molar-refractivity contribution in [2.45, 2.75) is 50.6 Å². The van der Waals surface area contributed by atoms with Crippen LogP contribution in [-0.2, 0) is 40.8 Å². The fourth-order valence-electron chi connectivity index (χ4n) is 8.29. The second-order valence-corrected chi connectivity index (χ2v) is 17.4. The summed E-state index contributed by atoms with van der Waals surface area (Å²) in [4.78, 5) is 43.0. The number of aryl methyl sites for hydroxylation is 2. The number of fused-ring (bicyclic) bond motifs is 5. The number of anilines is 1. The van der Waals surface area contributed by atoms with Crippen LogP contribution < -0.4 is 15.6 Å². The van der Waals surface area contributed by atoms with Gasteiger partial charge in [-0.1, -0.05) is 17.7 Å². The van der Waals surface area contributed by atoms with Crippen LogP contribution in [0.1, 0.15) is 58.8 Å². The zero-order valence-electron chi connectivity index (χ0n) is 32.5. The molecule has 0 aliphatic heterocycles. The Morgan fingerprint density at radius 1 is 1.00 bits per heavy atom. The number of halogens is 7. The Bertz CT molecular complexity index is 3190. The van der Waals surface area contributed by atoms with Gasteiger partial charge in [-0.25, -0.2) is 35.9 Å². The lowest BCUT2D eigenvalue weighted by atomic mass is 10.0. The number of hydrogen-bond donors (Lipinski definition) is 2. The van der Waals surface area contributed by atoms with Crippen molar-refractivity contribution in [3.8, 4) is 17.1 Å². The van der Waals surface area contributed by atoms with Crippen molar-refractivity contribution in [2.75, 3.05) is 11.0 Å². The van der Waals surface area contributed by atoms with Gasteiger partial charge in [0, 0.05) is 36.7 Å². The molecule has 5 heterocycles. The monoisotopic (exact) mass is 896 g/mol. The van der Waals surface area contributed by atoms with E-state index in [1.807, 2.05) is 0 Å². The smallest absolute Gasteiger partial charge is 0.293 e. The van der Waals surface area contributed by atoms with E-state index in [-0.39, 0.29) is 61.8 Å². The molecule has 0 spiro atoms. The van der Waals surface area contributed by atoms with Crippen molar-refractivity contribution in [3.05, 3.63) is 122 Å². The minimum Gasteiger partial charge on any atom is -0.344 e. The van der Waals surface area contributed by atoms with Crippen molar-refractivity contribution in [1.82, 2.24) is 44.4 Å². The molecule has 3 atom stereocenters. The number of pyridine rings is 2. The molecule has 0 radical (unpaired) electrons. The molecule has 0 unspecified atom stereocenters. The van der Waals surface area contributed by atoms with Crippen LogP contribution in [0.3, 0.4) is 0 Å². The number of alkyl halides is 4. The summed E-state index contributed by atoms with van der Waals surface area (Å²) in [6.45, 7) is 0.769. The fourth-order valence-corrected chi connectivity index (χ4v) is 9.03. The predicted molar refractivity (Wildman–Crippen MR) is 214 cm³/mol. The first-order valence-electron chi connectivity index (χ1n) is 18.8. The number of hydrogen-bond acceptors (Lipinski definition) is 9. The van der Waals surface area contributed by atoms with Crippen LogP contribution in [0.15, 0.2) is 65.5 Å². The third kappa shape index (κ3) is 7.11. The summed E-state index contributed by atoms with van der Waals surface area (Å²) in [5, 5.41) is 10.7. The molecule has 2 aliphatic carbocycles. The molecule has 14 nitrogen and oxygen atoms in total. The zero-order chi connectivity index (χ0) is 44.2. The van der Waals surface area contributed by atoms with Crippen LogP contribution >= 0.6 is 11.6 Å². The summed E-state index contributed by atoms with van der Waals surface area (Å²) in [6, 6.07) is 11.9. The summed E-state index contributed by atoms with van der Waals surface area (Å²) in [6.07, 6.45) is -2.81. The lowest BCUT2D eigenvalue weighted by Gasteiger charge is -2.24. The van der Waals surface area contributed by atoms with Gasteiger partial charge < -0.3 is 5.32 Å². The van der Waals surface area contributed by atoms with E-state index in [1.54, 1.807) is 25.1 Å². The lowest BCUT2D eigenvalue weighted by molar-refractivity contribution is -0.123. The molecule has 0 saturated heterocycles. The van der Waals surface area contributed by atoms with Crippen LogP contribution in [-0.4, -0.2) is 59.7 Å². The standard InChI is InChI=1S/C40H31ClF6N10O4S/c1-17-5-4-6-25(48-17)26-9-7-21-36(50-26)51-38(57(39(21)59)28-10-8-24(41)31-33(28)55(2)53-37(31)54-62(3,60)61)27(13-18-11-19(42)14-20(43)12-18)49-29(58)16-56-34-30(32(52-56)35(44)45)22-15-23(22)40(34,46)47/h4-12,14,22-23,27,35H,13,15-16H2,1-3H3,(H,49,58)(H,53,54)/t22-,23+,27-/m0/s1. The van der Waals surface area contributed by atoms with Crippen molar-refractivity contribution < 1.29 is 39.6 Å². The maximum atomic E-state index is 15.5. The van der Waals surface area contributed by atoms with Gasteiger partial charge in [0.2, 0.25) is 15.9 Å². The number of rotatable bonds is 11. The number of sulfonamides is 1. The van der Waals surface area contributed by atoms with Crippen LogP contribution in [0.2, 0.25) is 5.02 Å². The van der Waals surface area contributed by atoms with Crippen molar-refractivity contribution in [3.63, 3.8) is 0 Å². The SMILES string of the molecule is Cc1cccc(-c2ccc3c(=O)n(-c4ccc(Cl)c5c(NS(C)(=O)=O)nn(C)c45)c([C@H](Cc4cc(F)cc(F)c4)NC(=O)Cn4nc(C(F)F)c5c4C(F)(F)[C@@H]4C[C@H]54)nc3n2)n1. The van der Waals surface area contributed by atoms with Crippen LogP contribution in [0.4, 0.5) is 32.2 Å². The van der Waals surface area contributed by atoms with E-state index in [0.29, 0.717) is 27.8 Å². The summed E-state index contributed by atoms with van der Waals surface area (Å²) < 4.78 is 119. The van der Waals surface area contributed by atoms with Crippen LogP contribution in [0, 0.1) is 24.5 Å². The molecular formula is C40H31ClF6N10O4S. The van der Waals surface area contributed by atoms with E-state index in [0.717, 1.165) is 23.0 Å². The number of carbonyl (C=O) groups is 1. The first-order valence-corrected chi connectivity index (χ1v) is 21.1. The first-order chi connectivity index (χ1) is 29.3. The van der Waals surface area contributed by atoms with E-state index in [9.17, 15) is 35.6 Å². The summed E-state index contributed by atoms with van der Waals surface area (Å²) >= 11 is 6.62. The quantitative estimate of drug-likeness (QED) is 0.133. The average Bonchev–Trinajstić information content (AvgIpc) is 3.72. The van der Waals surface area contributed by atoms with Crippen LogP contribution in [0.25, 0.3) is 39.0 Å². The number of carbonyl (C=O) groups excluding carboxylic acids is 1. The maximum absolute atomic E-state index is 15.5. The molecule has 5 aromatic heterocycles. The molecule has 1 fully saturated rings. The van der Waals surface area contributed by atoms with Gasteiger partial charge in [0.25, 0.3) is 17.9 Å². The highest BCUT2D eigenvalue weighted by Crippen LogP contribution is 2.68. The number of aromatic nitrogens is 8. The first kappa shape index (κ1) is 41.0. The van der Waals surface area contributed by atoms with Crippen molar-refractivity contribution in [1.29, 1.82) is 0 Å². The predicted octanol–water partition coefficient (Wildman–Crippen LogP) is 6.78. The molecule has 9 rings (SSSR count). The molecule has 1 saturated carbocycles. The normalized spacial score (nSPS) is 17.1. The highest BCUT2D eigenvalue weighted by molar-refractivity contribution is 7.92. The van der Waals surface area contributed by atoms with Crippen LogP contribution in [0.5, 0.6) is 0 Å². The Hall–Kier alpha value is -6.35. The second kappa shape index (κ2) is 14.6. The minimum absolute atomic E-state index is 0.00483. The van der Waals surface area contributed by atoms with Crippen molar-refractivity contribution in [2.24, 2.45) is 13.0 Å². The molecule has 2 N–H and O–H groups in total. The summed E-state index contributed by atoms with van der Waals surface area (Å²) in [5.74, 6) is -9.14. The third-order valence-corrected chi connectivity index (χ3v) is 11.7. The lowest BCUT2D eigenvalue weighted by Crippen LogP contribution is -2.38. The molecule has 62 heavy (non-hydrogen) atoms. The van der Waals surface area contributed by atoms with Crippen molar-refractivity contribution >= 4 is 55.3 Å². The number of amides is 1. The Kier molecular flexibility index (Phi) is 9.69. The highest BCUT2D eigenvalue weighted by atomic mass is 35.5. The molecule has 22 heteroatoms. The van der Waals surface area contributed by atoms with E-state index in [4.69, 9.17) is 16.6 Å². The topological polar surface area (TPSA) is 172 Å². The van der Waals surface area contributed by atoms with Gasteiger partial charge in [-0.15, -0.1) is 0 Å². The molecule has 320 valence electrons. The number of benzene rings is 2. The average molecular weight is 897 g/mol. The zero-order valence-corrected chi connectivity index (χ0v) is 34.0. The van der Waals surface area contributed by atoms with Gasteiger partial charge in [-0.3, -0.25) is 33.2 Å². The molecule has 2 aliphatic rings. The maximum Gasteiger partial charge on any atom is 0.293 e. The Balaban J connectivity index is 1.26. The minimum atomic E-state index is -3.92. The van der Waals surface area contributed by atoms with Gasteiger partial charge >= 0.3 is 0 Å². The fraction of sp³-hybridized carbons (Fsp3) is 0.275. The van der Waals surface area contributed by atoms with Gasteiger partial charge in [-0.2, -0.15) is 19.0 Å². The molecule has 7 aromatic rings. The Morgan fingerprint density at radius 2 is 1.73 bits per heavy atom. The van der Waals surface area contributed by atoms with Gasteiger partial charge in [-0.05, 0) is 73.4 Å². The number of nitrogens with zero attached hydrogens (tertiary/aromatic N) is 8.